The smallest absolute Gasteiger partial charge is 0.0480 e. The maximum Gasteiger partial charge on any atom is 0.0480 e. The highest BCUT2D eigenvalue weighted by Gasteiger charge is 2.39. The molecule has 17 heavy (non-hydrogen) atoms. The van der Waals surface area contributed by atoms with Crippen molar-refractivity contribution in [3.05, 3.63) is 36.5 Å². The predicted octanol–water partition coefficient (Wildman–Crippen LogP) is 4.08. The van der Waals surface area contributed by atoms with E-state index >= 15 is 0 Å². The molecule has 3 atom stereocenters. The Morgan fingerprint density at radius 1 is 1.06 bits per heavy atom. The number of hydrogen-bond acceptors (Lipinski definition) is 0. The molecule has 2 bridgehead atoms. The first-order valence-electron chi connectivity index (χ1n) is 6.94. The molecular weight excluding hydrogens is 206 g/mol. The second kappa shape index (κ2) is 3.63. The number of aromatic nitrogens is 1. The van der Waals surface area contributed by atoms with Crippen LogP contribution in [0.5, 0.6) is 0 Å². The third-order valence-corrected chi connectivity index (χ3v) is 5.00. The summed E-state index contributed by atoms with van der Waals surface area (Å²) in [4.78, 5) is 0. The molecule has 1 heterocycles. The summed E-state index contributed by atoms with van der Waals surface area (Å²) in [6.45, 7) is 1.24. The van der Waals surface area contributed by atoms with Crippen LogP contribution in [-0.4, -0.2) is 4.57 Å². The van der Waals surface area contributed by atoms with Crippen molar-refractivity contribution < 1.29 is 0 Å². The van der Waals surface area contributed by atoms with Gasteiger partial charge in [-0.25, -0.2) is 0 Å². The van der Waals surface area contributed by atoms with E-state index in [0.717, 1.165) is 17.8 Å². The summed E-state index contributed by atoms with van der Waals surface area (Å²) in [6, 6.07) is 11.0. The molecule has 2 aromatic rings. The zero-order valence-electron chi connectivity index (χ0n) is 10.2. The first-order chi connectivity index (χ1) is 8.40. The third kappa shape index (κ3) is 1.52. The van der Waals surface area contributed by atoms with Crippen LogP contribution in [0.1, 0.15) is 25.7 Å². The van der Waals surface area contributed by atoms with E-state index in [4.69, 9.17) is 0 Å². The van der Waals surface area contributed by atoms with E-state index in [9.17, 15) is 0 Å². The van der Waals surface area contributed by atoms with Gasteiger partial charge in [-0.05, 0) is 54.5 Å². The van der Waals surface area contributed by atoms with E-state index in [1.165, 1.54) is 43.1 Å². The summed E-state index contributed by atoms with van der Waals surface area (Å²) < 4.78 is 2.47. The summed E-state index contributed by atoms with van der Waals surface area (Å²) in [6.07, 6.45) is 8.28. The van der Waals surface area contributed by atoms with Crippen LogP contribution in [0.15, 0.2) is 36.5 Å². The number of hydrogen-bond donors (Lipinski definition) is 0. The lowest BCUT2D eigenvalue weighted by Crippen LogP contribution is -2.16. The molecule has 2 saturated carbocycles. The number of benzene rings is 1. The molecule has 1 heteroatoms. The van der Waals surface area contributed by atoms with Gasteiger partial charge in [-0.1, -0.05) is 24.6 Å². The quantitative estimate of drug-likeness (QED) is 0.726. The van der Waals surface area contributed by atoms with Crippen LogP contribution in [0, 0.1) is 17.8 Å². The van der Waals surface area contributed by atoms with Gasteiger partial charge in [0.25, 0.3) is 0 Å². The Balaban J connectivity index is 1.63. The fraction of sp³-hybridized carbons (Fsp3) is 0.500. The topological polar surface area (TPSA) is 4.93 Å². The van der Waals surface area contributed by atoms with Crippen LogP contribution in [0.4, 0.5) is 0 Å². The maximum absolute atomic E-state index is 2.47. The van der Waals surface area contributed by atoms with Gasteiger partial charge in [-0.15, -0.1) is 0 Å². The Hall–Kier alpha value is -1.24. The van der Waals surface area contributed by atoms with Gasteiger partial charge >= 0.3 is 0 Å². The van der Waals surface area contributed by atoms with Crippen LogP contribution in [-0.2, 0) is 6.54 Å². The standard InChI is InChI=1S/C16H19N/c1-2-4-16-13(3-1)7-8-17(16)11-15-10-12-5-6-14(15)9-12/h1-4,7-8,12,14-15H,5-6,9-11H2. The highest BCUT2D eigenvalue weighted by Crippen LogP contribution is 2.49. The predicted molar refractivity (Wildman–Crippen MR) is 70.9 cm³/mol. The first-order valence-corrected chi connectivity index (χ1v) is 6.94. The Labute approximate surface area is 102 Å². The third-order valence-electron chi connectivity index (χ3n) is 5.00. The molecule has 0 N–H and O–H groups in total. The molecule has 2 aliphatic rings. The summed E-state index contributed by atoms with van der Waals surface area (Å²) in [5.41, 5.74) is 1.41. The molecule has 1 aromatic heterocycles. The minimum absolute atomic E-state index is 0.949. The molecule has 4 rings (SSSR count). The Morgan fingerprint density at radius 3 is 2.82 bits per heavy atom. The molecule has 0 amide bonds. The molecule has 0 saturated heterocycles. The van der Waals surface area contributed by atoms with Crippen LogP contribution in [0.2, 0.25) is 0 Å². The van der Waals surface area contributed by atoms with Crippen molar-refractivity contribution in [3.8, 4) is 0 Å². The molecule has 2 aliphatic carbocycles. The minimum atomic E-state index is 0.949. The largest absolute Gasteiger partial charge is 0.347 e. The second-order valence-electron chi connectivity index (χ2n) is 5.96. The van der Waals surface area contributed by atoms with Crippen LogP contribution in [0.25, 0.3) is 10.9 Å². The van der Waals surface area contributed by atoms with Crippen molar-refractivity contribution in [2.24, 2.45) is 17.8 Å². The van der Waals surface area contributed by atoms with Crippen molar-refractivity contribution in [2.45, 2.75) is 32.2 Å². The fourth-order valence-corrected chi connectivity index (χ4v) is 4.15. The van der Waals surface area contributed by atoms with E-state index in [2.05, 4.69) is 41.1 Å². The maximum atomic E-state index is 2.47. The number of fused-ring (bicyclic) bond motifs is 3. The van der Waals surface area contributed by atoms with Gasteiger partial charge in [-0.3, -0.25) is 0 Å². The first kappa shape index (κ1) is 9.76. The lowest BCUT2D eigenvalue weighted by Gasteiger charge is -2.22. The van der Waals surface area contributed by atoms with Crippen molar-refractivity contribution in [1.29, 1.82) is 0 Å². The van der Waals surface area contributed by atoms with Gasteiger partial charge in [0, 0.05) is 18.3 Å². The molecular formula is C16H19N. The van der Waals surface area contributed by atoms with Crippen LogP contribution in [0.3, 0.4) is 0 Å². The van der Waals surface area contributed by atoms with Crippen LogP contribution < -0.4 is 0 Å². The molecule has 0 spiro atoms. The van der Waals surface area contributed by atoms with Crippen LogP contribution >= 0.6 is 0 Å². The fourth-order valence-electron chi connectivity index (χ4n) is 4.15. The van der Waals surface area contributed by atoms with Gasteiger partial charge in [-0.2, -0.15) is 0 Å². The van der Waals surface area contributed by atoms with Gasteiger partial charge in [0.2, 0.25) is 0 Å². The van der Waals surface area contributed by atoms with E-state index in [0.29, 0.717) is 0 Å². The van der Waals surface area contributed by atoms with Gasteiger partial charge in [0.05, 0.1) is 0 Å². The minimum Gasteiger partial charge on any atom is -0.347 e. The zero-order chi connectivity index (χ0) is 11.2. The zero-order valence-corrected chi connectivity index (χ0v) is 10.2. The van der Waals surface area contributed by atoms with E-state index < -0.39 is 0 Å². The summed E-state index contributed by atoms with van der Waals surface area (Å²) >= 11 is 0. The molecule has 0 radical (unpaired) electrons. The molecule has 3 unspecified atom stereocenters. The normalized spacial score (nSPS) is 31.4. The Bertz CT molecular complexity index is 539. The summed E-state index contributed by atoms with van der Waals surface area (Å²) in [5, 5.41) is 1.38. The van der Waals surface area contributed by atoms with E-state index in [1.807, 2.05) is 0 Å². The molecule has 0 aliphatic heterocycles. The molecule has 2 fully saturated rings. The number of rotatable bonds is 2. The lowest BCUT2D eigenvalue weighted by atomic mass is 9.89. The van der Waals surface area contributed by atoms with Crippen molar-refractivity contribution in [2.75, 3.05) is 0 Å². The monoisotopic (exact) mass is 225 g/mol. The Morgan fingerprint density at radius 2 is 2.00 bits per heavy atom. The average Bonchev–Trinajstić information content (AvgIpc) is 3.05. The summed E-state index contributed by atoms with van der Waals surface area (Å²) in [5.74, 6) is 3.04. The SMILES string of the molecule is c1ccc2c(c1)ccn2CC1CC2CCC1C2. The molecule has 88 valence electrons. The highest BCUT2D eigenvalue weighted by atomic mass is 15.0. The Kier molecular flexibility index (Phi) is 2.08. The second-order valence-corrected chi connectivity index (χ2v) is 5.96. The average molecular weight is 225 g/mol. The van der Waals surface area contributed by atoms with Crippen molar-refractivity contribution >= 4 is 10.9 Å². The van der Waals surface area contributed by atoms with Gasteiger partial charge in [0.15, 0.2) is 0 Å². The van der Waals surface area contributed by atoms with Gasteiger partial charge in [0.1, 0.15) is 0 Å². The molecule has 1 aromatic carbocycles. The van der Waals surface area contributed by atoms with E-state index in [-0.39, 0.29) is 0 Å². The molecule has 1 nitrogen and oxygen atoms in total. The van der Waals surface area contributed by atoms with Crippen molar-refractivity contribution in [3.63, 3.8) is 0 Å². The lowest BCUT2D eigenvalue weighted by molar-refractivity contribution is 0.299. The van der Waals surface area contributed by atoms with E-state index in [1.54, 1.807) is 0 Å². The number of para-hydroxylation sites is 1. The van der Waals surface area contributed by atoms with Crippen molar-refractivity contribution in [1.82, 2.24) is 4.57 Å². The summed E-state index contributed by atoms with van der Waals surface area (Å²) in [7, 11) is 0. The number of nitrogens with zero attached hydrogens (tertiary/aromatic N) is 1. The highest BCUT2D eigenvalue weighted by molar-refractivity contribution is 5.79. The van der Waals surface area contributed by atoms with Gasteiger partial charge < -0.3 is 4.57 Å².